The number of alkyl halides is 6. The SMILES string of the molecule is CCc1ccc(C2=C(C(=O)NS(=O)(=O)C3CC3)C(=O)N[C@@](c3ccc(OCCCCCC(F)(F)F)cc3)(C(F)(F)F)C2)s1. The number of aryl methyl sites for hydroxylation is 1. The smallest absolute Gasteiger partial charge is 0.416 e. The highest BCUT2D eigenvalue weighted by Gasteiger charge is 2.60. The van der Waals surface area contributed by atoms with Crippen LogP contribution in [0.3, 0.4) is 0 Å². The Hall–Kier alpha value is -3.07. The van der Waals surface area contributed by atoms with Crippen molar-refractivity contribution in [3.05, 3.63) is 57.3 Å². The molecule has 2 aliphatic rings. The maximum atomic E-state index is 14.9. The Balaban J connectivity index is 1.62. The summed E-state index contributed by atoms with van der Waals surface area (Å²) >= 11 is 1.11. The molecule has 0 saturated heterocycles. The highest BCUT2D eigenvalue weighted by molar-refractivity contribution is 7.91. The zero-order valence-electron chi connectivity index (χ0n) is 23.0. The van der Waals surface area contributed by atoms with E-state index in [-0.39, 0.29) is 41.2 Å². The van der Waals surface area contributed by atoms with Gasteiger partial charge >= 0.3 is 12.4 Å². The normalized spacial score (nSPS) is 19.7. The lowest BCUT2D eigenvalue weighted by Gasteiger charge is -2.41. The summed E-state index contributed by atoms with van der Waals surface area (Å²) in [6.45, 7) is 1.89. The number of sulfonamides is 1. The standard InChI is InChI=1S/C28H30F6N2O5S2/c1-2-19-10-13-22(42-19)21-16-26(28(32,33)34,35-24(37)23(21)25(38)36-43(39,40)20-11-12-20)17-6-8-18(9-7-17)41-15-5-3-4-14-27(29,30)31/h6-10,13,20H,2-5,11-12,14-16H2,1H3,(H,35,37)(H,36,38)/t26-/m0/s1. The lowest BCUT2D eigenvalue weighted by Crippen LogP contribution is -2.59. The van der Waals surface area contributed by atoms with E-state index in [0.29, 0.717) is 25.7 Å². The fraction of sp³-hybridized carbons (Fsp3) is 0.500. The van der Waals surface area contributed by atoms with Crippen molar-refractivity contribution in [2.75, 3.05) is 6.61 Å². The number of rotatable bonds is 12. The molecule has 1 aromatic carbocycles. The van der Waals surface area contributed by atoms with Gasteiger partial charge in [0.25, 0.3) is 11.8 Å². The molecule has 1 aliphatic heterocycles. The van der Waals surface area contributed by atoms with E-state index < -0.39 is 63.4 Å². The van der Waals surface area contributed by atoms with E-state index in [0.717, 1.165) is 28.3 Å². The molecule has 0 spiro atoms. The third-order valence-electron chi connectivity index (χ3n) is 7.23. The Morgan fingerprint density at radius 3 is 2.28 bits per heavy atom. The second kappa shape index (κ2) is 12.5. The van der Waals surface area contributed by atoms with Gasteiger partial charge in [-0.15, -0.1) is 11.3 Å². The Kier molecular flexibility index (Phi) is 9.55. The maximum Gasteiger partial charge on any atom is 0.416 e. The first-order chi connectivity index (χ1) is 20.1. The molecule has 0 unspecified atom stereocenters. The number of benzene rings is 1. The van der Waals surface area contributed by atoms with Crippen molar-refractivity contribution in [3.8, 4) is 5.75 Å². The molecule has 2 amide bonds. The Labute approximate surface area is 248 Å². The lowest BCUT2D eigenvalue weighted by atomic mass is 9.78. The fourth-order valence-electron chi connectivity index (χ4n) is 4.75. The molecule has 15 heteroatoms. The molecule has 0 radical (unpaired) electrons. The van der Waals surface area contributed by atoms with E-state index in [2.05, 4.69) is 0 Å². The molecule has 1 aromatic heterocycles. The monoisotopic (exact) mass is 652 g/mol. The number of carbonyl (C=O) groups is 2. The van der Waals surface area contributed by atoms with Crippen molar-refractivity contribution in [1.29, 1.82) is 0 Å². The van der Waals surface area contributed by atoms with Crippen LogP contribution >= 0.6 is 11.3 Å². The van der Waals surface area contributed by atoms with E-state index in [1.807, 2.05) is 17.0 Å². The second-order valence-corrected chi connectivity index (χ2v) is 13.6. The Bertz CT molecular complexity index is 1480. The predicted molar refractivity (Wildman–Crippen MR) is 148 cm³/mol. The van der Waals surface area contributed by atoms with Gasteiger partial charge in [0.15, 0.2) is 5.54 Å². The topological polar surface area (TPSA) is 102 Å². The maximum absolute atomic E-state index is 14.9. The lowest BCUT2D eigenvalue weighted by molar-refractivity contribution is -0.201. The van der Waals surface area contributed by atoms with Gasteiger partial charge in [0.1, 0.15) is 11.3 Å². The first kappa shape index (κ1) is 32.8. The largest absolute Gasteiger partial charge is 0.494 e. The van der Waals surface area contributed by atoms with Crippen LogP contribution in [0.4, 0.5) is 26.3 Å². The molecule has 43 heavy (non-hydrogen) atoms. The zero-order valence-corrected chi connectivity index (χ0v) is 24.7. The van der Waals surface area contributed by atoms with Gasteiger partial charge in [-0.3, -0.25) is 9.59 Å². The minimum absolute atomic E-state index is 0.0611. The van der Waals surface area contributed by atoms with E-state index in [1.165, 1.54) is 18.2 Å². The summed E-state index contributed by atoms with van der Waals surface area (Å²) in [6, 6.07) is 7.95. The minimum Gasteiger partial charge on any atom is -0.494 e. The molecule has 2 N–H and O–H groups in total. The second-order valence-electron chi connectivity index (χ2n) is 10.5. The summed E-state index contributed by atoms with van der Waals surface area (Å²) in [4.78, 5) is 27.5. The molecule has 7 nitrogen and oxygen atoms in total. The van der Waals surface area contributed by atoms with Crippen LogP contribution < -0.4 is 14.8 Å². The Morgan fingerprint density at radius 1 is 1.05 bits per heavy atom. The van der Waals surface area contributed by atoms with Crippen molar-refractivity contribution >= 4 is 38.7 Å². The molecule has 2 aromatic rings. The summed E-state index contributed by atoms with van der Waals surface area (Å²) in [7, 11) is -4.09. The van der Waals surface area contributed by atoms with E-state index in [9.17, 15) is 44.3 Å². The van der Waals surface area contributed by atoms with Crippen LogP contribution in [0, 0.1) is 0 Å². The molecule has 236 valence electrons. The average molecular weight is 653 g/mol. The molecule has 0 bridgehead atoms. The fourth-order valence-corrected chi connectivity index (χ4v) is 7.03. The molecule has 1 atom stereocenters. The number of nitrogens with one attached hydrogen (secondary N) is 2. The van der Waals surface area contributed by atoms with Crippen molar-refractivity contribution < 1.29 is 49.1 Å². The molecule has 1 aliphatic carbocycles. The highest BCUT2D eigenvalue weighted by atomic mass is 32.2. The van der Waals surface area contributed by atoms with Crippen molar-refractivity contribution in [1.82, 2.24) is 10.0 Å². The summed E-state index contributed by atoms with van der Waals surface area (Å²) in [6.07, 6.45) is -9.33. The molecule has 1 saturated carbocycles. The Morgan fingerprint density at radius 2 is 1.72 bits per heavy atom. The van der Waals surface area contributed by atoms with Crippen LogP contribution in [-0.2, 0) is 31.6 Å². The summed E-state index contributed by atoms with van der Waals surface area (Å²) in [5.74, 6) is -2.47. The quantitative estimate of drug-likeness (QED) is 0.163. The van der Waals surface area contributed by atoms with Gasteiger partial charge < -0.3 is 10.1 Å². The number of halogens is 6. The van der Waals surface area contributed by atoms with E-state index in [1.54, 1.807) is 6.07 Å². The van der Waals surface area contributed by atoms with E-state index in [4.69, 9.17) is 4.74 Å². The first-order valence-corrected chi connectivity index (χ1v) is 16.0. The van der Waals surface area contributed by atoms with E-state index >= 15 is 0 Å². The third kappa shape index (κ3) is 7.72. The summed E-state index contributed by atoms with van der Waals surface area (Å²) in [5.41, 5.74) is -4.22. The number of hydrogen-bond acceptors (Lipinski definition) is 6. The minimum atomic E-state index is -5.04. The van der Waals surface area contributed by atoms with Gasteiger partial charge in [0.05, 0.1) is 11.9 Å². The van der Waals surface area contributed by atoms with Crippen LogP contribution in [0.25, 0.3) is 5.57 Å². The van der Waals surface area contributed by atoms with Crippen LogP contribution in [0.15, 0.2) is 42.0 Å². The molecule has 4 rings (SSSR count). The molecule has 2 heterocycles. The van der Waals surface area contributed by atoms with Gasteiger partial charge in [-0.05, 0) is 73.9 Å². The van der Waals surface area contributed by atoms with Crippen LogP contribution in [0.1, 0.15) is 67.2 Å². The van der Waals surface area contributed by atoms with Crippen molar-refractivity contribution in [3.63, 3.8) is 0 Å². The van der Waals surface area contributed by atoms with Crippen LogP contribution in [0.2, 0.25) is 0 Å². The van der Waals surface area contributed by atoms with Gasteiger partial charge in [-0.25, -0.2) is 13.1 Å². The average Bonchev–Trinajstić information content (AvgIpc) is 3.67. The summed E-state index contributed by atoms with van der Waals surface area (Å²) < 4.78 is 114. The van der Waals surface area contributed by atoms with Gasteiger partial charge in [0, 0.05) is 22.6 Å². The van der Waals surface area contributed by atoms with Crippen LogP contribution in [0.5, 0.6) is 5.75 Å². The summed E-state index contributed by atoms with van der Waals surface area (Å²) in [5, 5.41) is 1.16. The number of hydrogen-bond donors (Lipinski definition) is 2. The van der Waals surface area contributed by atoms with Gasteiger partial charge in [0.2, 0.25) is 10.0 Å². The predicted octanol–water partition coefficient (Wildman–Crippen LogP) is 6.15. The third-order valence-corrected chi connectivity index (χ3v) is 10.3. The van der Waals surface area contributed by atoms with Gasteiger partial charge in [-0.2, -0.15) is 26.3 Å². The van der Waals surface area contributed by atoms with Crippen molar-refractivity contribution in [2.45, 2.75) is 81.4 Å². The zero-order chi connectivity index (χ0) is 31.6. The number of unbranched alkanes of at least 4 members (excludes halogenated alkanes) is 2. The molecular weight excluding hydrogens is 622 g/mol. The number of amides is 2. The van der Waals surface area contributed by atoms with Crippen molar-refractivity contribution in [2.24, 2.45) is 0 Å². The first-order valence-electron chi connectivity index (χ1n) is 13.6. The van der Waals surface area contributed by atoms with Gasteiger partial charge in [-0.1, -0.05) is 19.1 Å². The number of thiophene rings is 1. The van der Waals surface area contributed by atoms with Crippen LogP contribution in [-0.4, -0.2) is 44.4 Å². The highest BCUT2D eigenvalue weighted by Crippen LogP contribution is 2.49. The molecular formula is C28H30F6N2O5S2. The number of ether oxygens (including phenoxy) is 1. The number of carbonyl (C=O) groups excluding carboxylic acids is 2. The molecule has 1 fully saturated rings.